The fourth-order valence-corrected chi connectivity index (χ4v) is 3.29. The van der Waals surface area contributed by atoms with Crippen molar-refractivity contribution >= 4 is 28.4 Å². The van der Waals surface area contributed by atoms with Crippen molar-refractivity contribution in [2.45, 2.75) is 23.8 Å². The molecule has 0 radical (unpaired) electrons. The quantitative estimate of drug-likeness (QED) is 0.675. The average molecular weight is 257 g/mol. The number of rotatable bonds is 3. The van der Waals surface area contributed by atoms with Crippen LogP contribution in [-0.4, -0.2) is 17.2 Å². The summed E-state index contributed by atoms with van der Waals surface area (Å²) < 4.78 is 0. The van der Waals surface area contributed by atoms with Crippen molar-refractivity contribution in [3.63, 3.8) is 0 Å². The normalized spacial score (nSPS) is 22.6. The second-order valence-electron chi connectivity index (χ2n) is 5.08. The third-order valence-electron chi connectivity index (χ3n) is 3.27. The number of carbonyl (C=O) groups excluding carboxylic acids is 1. The summed E-state index contributed by atoms with van der Waals surface area (Å²) in [6.07, 6.45) is 0.646. The van der Waals surface area contributed by atoms with Gasteiger partial charge in [-0.05, 0) is 29.8 Å². The van der Waals surface area contributed by atoms with Crippen molar-refractivity contribution in [1.82, 2.24) is 5.32 Å². The van der Waals surface area contributed by atoms with Crippen molar-refractivity contribution in [1.29, 1.82) is 0 Å². The average Bonchev–Trinajstić information content (AvgIpc) is 2.34. The van der Waals surface area contributed by atoms with Gasteiger partial charge >= 0.3 is 0 Å². The summed E-state index contributed by atoms with van der Waals surface area (Å²) in [5.74, 6) is 1.09. The maximum absolute atomic E-state index is 11.0. The van der Waals surface area contributed by atoms with Crippen molar-refractivity contribution in [3.05, 3.63) is 42.5 Å². The molecule has 0 aromatic heterocycles. The number of β-lactam (4-membered cyclic amide) rings is 1. The molecular formula is C15H15NOS. The van der Waals surface area contributed by atoms with Gasteiger partial charge in [0.1, 0.15) is 0 Å². The molecule has 3 heteroatoms. The Bertz CT molecular complexity index is 600. The van der Waals surface area contributed by atoms with Crippen LogP contribution in [0.4, 0.5) is 0 Å². The van der Waals surface area contributed by atoms with E-state index in [0.717, 1.165) is 5.75 Å². The lowest BCUT2D eigenvalue weighted by molar-refractivity contribution is -0.131. The Morgan fingerprint density at radius 2 is 1.94 bits per heavy atom. The molecule has 1 saturated heterocycles. The molecule has 1 aliphatic heterocycles. The SMILES string of the molecule is CC1(CSc2ccc3ccccc3c2)CC(=O)N1. The van der Waals surface area contributed by atoms with Gasteiger partial charge in [0.25, 0.3) is 0 Å². The fourth-order valence-electron chi connectivity index (χ4n) is 2.26. The Hall–Kier alpha value is -1.48. The van der Waals surface area contributed by atoms with Gasteiger partial charge in [0.15, 0.2) is 0 Å². The lowest BCUT2D eigenvalue weighted by Gasteiger charge is -2.38. The van der Waals surface area contributed by atoms with E-state index in [1.54, 1.807) is 11.8 Å². The molecule has 0 bridgehead atoms. The van der Waals surface area contributed by atoms with Crippen LogP contribution in [0.3, 0.4) is 0 Å². The number of amides is 1. The molecule has 1 fully saturated rings. The molecule has 0 spiro atoms. The highest BCUT2D eigenvalue weighted by molar-refractivity contribution is 7.99. The predicted molar refractivity (Wildman–Crippen MR) is 75.8 cm³/mol. The van der Waals surface area contributed by atoms with Crippen LogP contribution in [0.2, 0.25) is 0 Å². The Morgan fingerprint density at radius 1 is 1.22 bits per heavy atom. The van der Waals surface area contributed by atoms with Crippen LogP contribution in [-0.2, 0) is 4.79 Å². The molecule has 1 amide bonds. The zero-order valence-electron chi connectivity index (χ0n) is 10.3. The highest BCUT2D eigenvalue weighted by Crippen LogP contribution is 2.30. The van der Waals surface area contributed by atoms with Crippen LogP contribution in [0.25, 0.3) is 10.8 Å². The van der Waals surface area contributed by atoms with Gasteiger partial charge in [-0.1, -0.05) is 30.3 Å². The molecule has 3 rings (SSSR count). The Labute approximate surface area is 111 Å². The van der Waals surface area contributed by atoms with E-state index >= 15 is 0 Å². The summed E-state index contributed by atoms with van der Waals surface area (Å²) in [5, 5.41) is 5.50. The summed E-state index contributed by atoms with van der Waals surface area (Å²) in [6, 6.07) is 14.9. The maximum atomic E-state index is 11.0. The molecule has 0 aliphatic carbocycles. The number of hydrogen-bond donors (Lipinski definition) is 1. The second-order valence-corrected chi connectivity index (χ2v) is 6.13. The first-order chi connectivity index (χ1) is 8.65. The van der Waals surface area contributed by atoms with Gasteiger partial charge in [-0.15, -0.1) is 11.8 Å². The van der Waals surface area contributed by atoms with Gasteiger partial charge in [0.05, 0.1) is 12.0 Å². The standard InChI is InChI=1S/C15H15NOS/c1-15(9-14(17)16-15)10-18-13-7-6-11-4-2-3-5-12(11)8-13/h2-8H,9-10H2,1H3,(H,16,17). The molecule has 2 nitrogen and oxygen atoms in total. The van der Waals surface area contributed by atoms with E-state index in [0.29, 0.717) is 6.42 Å². The minimum absolute atomic E-state index is 0.0204. The Morgan fingerprint density at radius 3 is 2.67 bits per heavy atom. The van der Waals surface area contributed by atoms with E-state index in [2.05, 4.69) is 54.7 Å². The van der Waals surface area contributed by atoms with Crippen LogP contribution >= 0.6 is 11.8 Å². The van der Waals surface area contributed by atoms with E-state index < -0.39 is 0 Å². The molecular weight excluding hydrogens is 242 g/mol. The number of carbonyl (C=O) groups is 1. The number of benzene rings is 2. The summed E-state index contributed by atoms with van der Waals surface area (Å²) >= 11 is 1.81. The smallest absolute Gasteiger partial charge is 0.222 e. The van der Waals surface area contributed by atoms with Gasteiger partial charge in [-0.3, -0.25) is 4.79 Å². The van der Waals surface area contributed by atoms with Gasteiger partial charge in [-0.25, -0.2) is 0 Å². The lowest BCUT2D eigenvalue weighted by atomic mass is 9.92. The number of nitrogens with one attached hydrogen (secondary N) is 1. The maximum Gasteiger partial charge on any atom is 0.222 e. The third kappa shape index (κ3) is 2.23. The largest absolute Gasteiger partial charge is 0.350 e. The highest BCUT2D eigenvalue weighted by Gasteiger charge is 2.37. The first kappa shape index (κ1) is 11.6. The van der Waals surface area contributed by atoms with E-state index in [1.807, 2.05) is 0 Å². The molecule has 1 N–H and O–H groups in total. The highest BCUT2D eigenvalue weighted by atomic mass is 32.2. The molecule has 1 atom stereocenters. The summed E-state index contributed by atoms with van der Waals surface area (Å²) in [4.78, 5) is 12.2. The van der Waals surface area contributed by atoms with Crippen LogP contribution in [0.5, 0.6) is 0 Å². The van der Waals surface area contributed by atoms with E-state index in [-0.39, 0.29) is 11.4 Å². The second kappa shape index (κ2) is 4.32. The third-order valence-corrected chi connectivity index (χ3v) is 4.64. The zero-order chi connectivity index (χ0) is 12.6. The first-order valence-electron chi connectivity index (χ1n) is 6.07. The Kier molecular flexibility index (Phi) is 2.78. The summed E-state index contributed by atoms with van der Waals surface area (Å²) in [7, 11) is 0. The minimum atomic E-state index is -0.0204. The number of hydrogen-bond acceptors (Lipinski definition) is 2. The van der Waals surface area contributed by atoms with Gasteiger partial charge in [0.2, 0.25) is 5.91 Å². The van der Waals surface area contributed by atoms with Gasteiger partial charge in [0, 0.05) is 10.6 Å². The summed E-state index contributed by atoms with van der Waals surface area (Å²) in [5.41, 5.74) is -0.0204. The van der Waals surface area contributed by atoms with Crippen molar-refractivity contribution in [2.24, 2.45) is 0 Å². The molecule has 1 heterocycles. The van der Waals surface area contributed by atoms with E-state index in [9.17, 15) is 4.79 Å². The summed E-state index contributed by atoms with van der Waals surface area (Å²) in [6.45, 7) is 2.10. The molecule has 0 saturated carbocycles. The van der Waals surface area contributed by atoms with Crippen LogP contribution in [0.15, 0.2) is 47.4 Å². The molecule has 92 valence electrons. The lowest BCUT2D eigenvalue weighted by Crippen LogP contribution is -2.60. The van der Waals surface area contributed by atoms with E-state index in [4.69, 9.17) is 0 Å². The van der Waals surface area contributed by atoms with Crippen molar-refractivity contribution < 1.29 is 4.79 Å². The van der Waals surface area contributed by atoms with Crippen LogP contribution < -0.4 is 5.32 Å². The molecule has 2 aromatic rings. The van der Waals surface area contributed by atoms with Crippen LogP contribution in [0, 0.1) is 0 Å². The molecule has 1 unspecified atom stereocenters. The van der Waals surface area contributed by atoms with Crippen molar-refractivity contribution in [3.8, 4) is 0 Å². The topological polar surface area (TPSA) is 29.1 Å². The molecule has 2 aromatic carbocycles. The number of fused-ring (bicyclic) bond motifs is 1. The predicted octanol–water partition coefficient (Wildman–Crippen LogP) is 3.21. The minimum Gasteiger partial charge on any atom is -0.350 e. The zero-order valence-corrected chi connectivity index (χ0v) is 11.1. The van der Waals surface area contributed by atoms with Crippen molar-refractivity contribution in [2.75, 3.05) is 5.75 Å². The number of thioether (sulfide) groups is 1. The molecule has 18 heavy (non-hydrogen) atoms. The Balaban J connectivity index is 1.73. The van der Waals surface area contributed by atoms with E-state index in [1.165, 1.54) is 15.7 Å². The molecule has 1 aliphatic rings. The monoisotopic (exact) mass is 257 g/mol. The van der Waals surface area contributed by atoms with Crippen LogP contribution in [0.1, 0.15) is 13.3 Å². The van der Waals surface area contributed by atoms with Gasteiger partial charge in [-0.2, -0.15) is 0 Å². The first-order valence-corrected chi connectivity index (χ1v) is 7.06. The van der Waals surface area contributed by atoms with Gasteiger partial charge < -0.3 is 5.32 Å². The fraction of sp³-hybridized carbons (Fsp3) is 0.267.